The van der Waals surface area contributed by atoms with Crippen molar-refractivity contribution in [2.75, 3.05) is 0 Å². The Labute approximate surface area is 73.6 Å². The molecule has 2 rings (SSSR count). The van der Waals surface area contributed by atoms with Gasteiger partial charge in [-0.1, -0.05) is 6.07 Å². The zero-order chi connectivity index (χ0) is 8.72. The summed E-state index contributed by atoms with van der Waals surface area (Å²) in [6, 6.07) is 4.11. The summed E-state index contributed by atoms with van der Waals surface area (Å²) >= 11 is 0. The van der Waals surface area contributed by atoms with E-state index >= 15 is 0 Å². The lowest BCUT2D eigenvalue weighted by Crippen LogP contribution is -1.96. The van der Waals surface area contributed by atoms with Gasteiger partial charge in [-0.25, -0.2) is 0 Å². The molecule has 1 heterocycles. The minimum absolute atomic E-state index is 1.05. The fourth-order valence-electron chi connectivity index (χ4n) is 1.48. The van der Waals surface area contributed by atoms with E-state index in [4.69, 9.17) is 0 Å². The minimum atomic E-state index is 1.05. The summed E-state index contributed by atoms with van der Waals surface area (Å²) in [4.78, 5) is 0. The van der Waals surface area contributed by atoms with Crippen LogP contribution in [0, 0.1) is 13.8 Å². The third-order valence-electron chi connectivity index (χ3n) is 2.20. The van der Waals surface area contributed by atoms with Gasteiger partial charge < -0.3 is 0 Å². The van der Waals surface area contributed by atoms with E-state index in [2.05, 4.69) is 32.4 Å². The van der Waals surface area contributed by atoms with Crippen LogP contribution in [0.3, 0.4) is 0 Å². The molecular weight excluding hydrogens is 167 g/mol. The molecule has 1 N–H and O–H groups in total. The summed E-state index contributed by atoms with van der Waals surface area (Å²) in [5.41, 5.74) is 3.49. The molecular formula is C9H11N2P. The zero-order valence-corrected chi connectivity index (χ0v) is 8.33. The molecule has 1 aromatic carbocycles. The summed E-state index contributed by atoms with van der Waals surface area (Å²) in [6.45, 7) is 4.17. The van der Waals surface area contributed by atoms with E-state index in [1.165, 1.54) is 16.3 Å². The van der Waals surface area contributed by atoms with Gasteiger partial charge in [0, 0.05) is 11.1 Å². The number of benzene rings is 1. The molecule has 0 fully saturated rings. The van der Waals surface area contributed by atoms with E-state index in [-0.39, 0.29) is 0 Å². The van der Waals surface area contributed by atoms with Crippen LogP contribution in [0.4, 0.5) is 0 Å². The lowest BCUT2D eigenvalue weighted by Gasteiger charge is -2.00. The number of hydrogen-bond acceptors (Lipinski definition) is 1. The van der Waals surface area contributed by atoms with Crippen molar-refractivity contribution in [3.05, 3.63) is 23.4 Å². The molecule has 0 saturated carbocycles. The Bertz CT molecular complexity index is 431. The quantitative estimate of drug-likeness (QED) is 0.611. The van der Waals surface area contributed by atoms with Crippen LogP contribution in [-0.4, -0.2) is 10.2 Å². The Morgan fingerprint density at radius 3 is 2.83 bits per heavy atom. The Hall–Kier alpha value is -0.880. The van der Waals surface area contributed by atoms with Gasteiger partial charge in [0.05, 0.1) is 5.52 Å². The molecule has 0 aliphatic rings. The standard InChI is InChI=1S/C9H11N2P/c1-5-8(12)4-3-7-9(5)6(2)10-11-7/h3-4H,12H2,1-2H3,(H,10,11). The van der Waals surface area contributed by atoms with Gasteiger partial charge in [0.2, 0.25) is 0 Å². The highest BCUT2D eigenvalue weighted by atomic mass is 31.0. The van der Waals surface area contributed by atoms with Gasteiger partial charge in [0.1, 0.15) is 0 Å². The van der Waals surface area contributed by atoms with Crippen molar-refractivity contribution in [3.8, 4) is 0 Å². The van der Waals surface area contributed by atoms with E-state index in [0.717, 1.165) is 11.2 Å². The average Bonchev–Trinajstić information content (AvgIpc) is 2.41. The van der Waals surface area contributed by atoms with Gasteiger partial charge in [0.25, 0.3) is 0 Å². The van der Waals surface area contributed by atoms with Gasteiger partial charge in [-0.2, -0.15) is 5.10 Å². The molecule has 0 aliphatic carbocycles. The van der Waals surface area contributed by atoms with Crippen LogP contribution in [0.2, 0.25) is 0 Å². The van der Waals surface area contributed by atoms with Crippen molar-refractivity contribution in [3.63, 3.8) is 0 Å². The topological polar surface area (TPSA) is 28.7 Å². The number of nitrogens with zero attached hydrogens (tertiary/aromatic N) is 1. The molecule has 62 valence electrons. The van der Waals surface area contributed by atoms with Gasteiger partial charge in [0.15, 0.2) is 0 Å². The third kappa shape index (κ3) is 0.953. The first-order valence-electron chi connectivity index (χ1n) is 3.90. The molecule has 1 unspecified atom stereocenters. The maximum Gasteiger partial charge on any atom is 0.0926 e. The molecule has 0 bridgehead atoms. The maximum absolute atomic E-state index is 4.19. The van der Waals surface area contributed by atoms with Crippen molar-refractivity contribution in [1.29, 1.82) is 0 Å². The third-order valence-corrected chi connectivity index (χ3v) is 2.83. The second-order valence-electron chi connectivity index (χ2n) is 3.02. The fourth-order valence-corrected chi connectivity index (χ4v) is 1.72. The zero-order valence-electron chi connectivity index (χ0n) is 7.18. The molecule has 0 radical (unpaired) electrons. The molecule has 0 saturated heterocycles. The molecule has 0 amide bonds. The molecule has 1 aromatic heterocycles. The van der Waals surface area contributed by atoms with Gasteiger partial charge in [-0.3, -0.25) is 5.10 Å². The molecule has 0 aliphatic heterocycles. The number of aromatic amines is 1. The Balaban J connectivity index is 2.96. The maximum atomic E-state index is 4.19. The summed E-state index contributed by atoms with van der Waals surface area (Å²) in [5.74, 6) is 0. The van der Waals surface area contributed by atoms with E-state index in [1.807, 2.05) is 13.0 Å². The highest BCUT2D eigenvalue weighted by molar-refractivity contribution is 7.27. The number of fused-ring (bicyclic) bond motifs is 1. The second-order valence-corrected chi connectivity index (χ2v) is 3.64. The Morgan fingerprint density at radius 2 is 2.08 bits per heavy atom. The van der Waals surface area contributed by atoms with Crippen LogP contribution in [0.1, 0.15) is 11.3 Å². The van der Waals surface area contributed by atoms with Crippen molar-refractivity contribution >= 4 is 25.4 Å². The van der Waals surface area contributed by atoms with Gasteiger partial charge in [-0.15, -0.1) is 9.24 Å². The van der Waals surface area contributed by atoms with Crippen LogP contribution in [0.15, 0.2) is 12.1 Å². The average molecular weight is 178 g/mol. The summed E-state index contributed by atoms with van der Waals surface area (Å²) < 4.78 is 0. The van der Waals surface area contributed by atoms with Crippen LogP contribution >= 0.6 is 9.24 Å². The molecule has 1 atom stereocenters. The minimum Gasteiger partial charge on any atom is -0.282 e. The number of aryl methyl sites for hydroxylation is 2. The van der Waals surface area contributed by atoms with Crippen LogP contribution < -0.4 is 5.30 Å². The lowest BCUT2D eigenvalue weighted by molar-refractivity contribution is 1.07. The summed E-state index contributed by atoms with van der Waals surface area (Å²) in [5, 5.41) is 9.67. The van der Waals surface area contributed by atoms with Gasteiger partial charge in [-0.05, 0) is 30.8 Å². The number of rotatable bonds is 0. The van der Waals surface area contributed by atoms with Crippen LogP contribution in [-0.2, 0) is 0 Å². The summed E-state index contributed by atoms with van der Waals surface area (Å²) in [7, 11) is 2.73. The first-order valence-corrected chi connectivity index (χ1v) is 4.47. The molecule has 2 aromatic rings. The monoisotopic (exact) mass is 178 g/mol. The molecule has 3 heteroatoms. The smallest absolute Gasteiger partial charge is 0.0926 e. The Kier molecular flexibility index (Phi) is 1.66. The first kappa shape index (κ1) is 7.75. The predicted octanol–water partition coefficient (Wildman–Crippen LogP) is 1.68. The highest BCUT2D eigenvalue weighted by Crippen LogP contribution is 2.18. The lowest BCUT2D eigenvalue weighted by atomic mass is 10.1. The second kappa shape index (κ2) is 2.56. The highest BCUT2D eigenvalue weighted by Gasteiger charge is 2.05. The Morgan fingerprint density at radius 1 is 1.33 bits per heavy atom. The summed E-state index contributed by atoms with van der Waals surface area (Å²) in [6.07, 6.45) is 0. The van der Waals surface area contributed by atoms with E-state index in [0.29, 0.717) is 0 Å². The number of H-pyrrole nitrogens is 1. The fraction of sp³-hybridized carbons (Fsp3) is 0.222. The number of nitrogens with one attached hydrogen (secondary N) is 1. The number of hydrogen-bond donors (Lipinski definition) is 1. The SMILES string of the molecule is Cc1[nH]nc2ccc(P)c(C)c12. The van der Waals surface area contributed by atoms with Gasteiger partial charge >= 0.3 is 0 Å². The van der Waals surface area contributed by atoms with Crippen LogP contribution in [0.5, 0.6) is 0 Å². The number of aromatic nitrogens is 2. The van der Waals surface area contributed by atoms with E-state index < -0.39 is 0 Å². The van der Waals surface area contributed by atoms with Crippen molar-refractivity contribution in [2.24, 2.45) is 0 Å². The van der Waals surface area contributed by atoms with E-state index in [1.54, 1.807) is 0 Å². The van der Waals surface area contributed by atoms with Crippen molar-refractivity contribution < 1.29 is 0 Å². The molecule has 2 nitrogen and oxygen atoms in total. The molecule has 0 spiro atoms. The predicted molar refractivity (Wildman–Crippen MR) is 54.9 cm³/mol. The van der Waals surface area contributed by atoms with E-state index in [9.17, 15) is 0 Å². The van der Waals surface area contributed by atoms with Crippen molar-refractivity contribution in [2.45, 2.75) is 13.8 Å². The first-order chi connectivity index (χ1) is 5.70. The van der Waals surface area contributed by atoms with Crippen molar-refractivity contribution in [1.82, 2.24) is 10.2 Å². The van der Waals surface area contributed by atoms with Crippen LogP contribution in [0.25, 0.3) is 10.9 Å². The largest absolute Gasteiger partial charge is 0.282 e. The normalized spacial score (nSPS) is 10.9. The molecule has 12 heavy (non-hydrogen) atoms.